The average Bonchev–Trinajstić information content (AvgIpc) is 2.46. The molecule has 21 heavy (non-hydrogen) atoms. The predicted molar refractivity (Wildman–Crippen MR) is 92.8 cm³/mol. The number of carboxylic acids is 1. The number of aliphatic carboxylic acids is 1. The summed E-state index contributed by atoms with van der Waals surface area (Å²) in [6.07, 6.45) is 6.21. The van der Waals surface area contributed by atoms with E-state index in [0.717, 1.165) is 29.1 Å². The Morgan fingerprint density at radius 3 is 2.67 bits per heavy atom. The van der Waals surface area contributed by atoms with Crippen molar-refractivity contribution in [2.75, 3.05) is 11.4 Å². The van der Waals surface area contributed by atoms with Gasteiger partial charge in [0.1, 0.15) is 0 Å². The van der Waals surface area contributed by atoms with Gasteiger partial charge >= 0.3 is 5.97 Å². The molecule has 0 saturated carbocycles. The maximum Gasteiger partial charge on any atom is 0.328 e. The molecule has 0 heterocycles. The standard InChI is InChI=1S/C17H24BrNO2/c1-4-6-11-19(13(3)5-2)15-9-7-14(16(18)12-15)8-10-17(20)21/h7-10,12-13H,4-6,11H2,1-3H3,(H,20,21)/b10-8+. The Bertz CT molecular complexity index is 500. The van der Waals surface area contributed by atoms with E-state index in [1.54, 1.807) is 6.08 Å². The van der Waals surface area contributed by atoms with Crippen LogP contribution in [0.15, 0.2) is 28.7 Å². The molecule has 0 aromatic heterocycles. The lowest BCUT2D eigenvalue weighted by molar-refractivity contribution is -0.131. The molecule has 0 aliphatic carbocycles. The van der Waals surface area contributed by atoms with Gasteiger partial charge in [-0.05, 0) is 43.5 Å². The van der Waals surface area contributed by atoms with Gasteiger partial charge in [0.15, 0.2) is 0 Å². The number of hydrogen-bond donors (Lipinski definition) is 1. The van der Waals surface area contributed by atoms with Crippen LogP contribution in [-0.4, -0.2) is 23.7 Å². The molecule has 0 fully saturated rings. The number of halogens is 1. The number of unbranched alkanes of at least 4 members (excludes halogenated alkanes) is 1. The topological polar surface area (TPSA) is 40.5 Å². The predicted octanol–water partition coefficient (Wildman–Crippen LogP) is 4.95. The third kappa shape index (κ3) is 5.54. The maximum absolute atomic E-state index is 10.6. The minimum absolute atomic E-state index is 0.490. The highest BCUT2D eigenvalue weighted by Gasteiger charge is 2.13. The summed E-state index contributed by atoms with van der Waals surface area (Å²) in [4.78, 5) is 13.0. The second-order valence-electron chi connectivity index (χ2n) is 5.18. The molecule has 3 nitrogen and oxygen atoms in total. The summed E-state index contributed by atoms with van der Waals surface area (Å²) in [7, 11) is 0. The summed E-state index contributed by atoms with van der Waals surface area (Å²) in [5, 5.41) is 8.70. The van der Waals surface area contributed by atoms with Crippen LogP contribution in [0.25, 0.3) is 6.08 Å². The monoisotopic (exact) mass is 353 g/mol. The molecule has 1 atom stereocenters. The molecular formula is C17H24BrNO2. The molecule has 0 bridgehead atoms. The van der Waals surface area contributed by atoms with E-state index in [9.17, 15) is 4.79 Å². The zero-order valence-electron chi connectivity index (χ0n) is 13.0. The van der Waals surface area contributed by atoms with E-state index in [2.05, 4.69) is 53.7 Å². The first-order valence-corrected chi connectivity index (χ1v) is 8.26. The van der Waals surface area contributed by atoms with Gasteiger partial charge in [-0.1, -0.05) is 42.3 Å². The Kier molecular flexibility index (Phi) is 7.51. The van der Waals surface area contributed by atoms with Crippen molar-refractivity contribution in [2.24, 2.45) is 0 Å². The molecule has 1 unspecified atom stereocenters. The SMILES string of the molecule is CCCCN(c1ccc(/C=C/C(=O)O)c(Br)c1)C(C)CC. The van der Waals surface area contributed by atoms with E-state index >= 15 is 0 Å². The number of rotatable bonds is 8. The Morgan fingerprint density at radius 2 is 2.14 bits per heavy atom. The molecule has 1 rings (SSSR count). The Morgan fingerprint density at radius 1 is 1.43 bits per heavy atom. The molecule has 0 spiro atoms. The summed E-state index contributed by atoms with van der Waals surface area (Å²) >= 11 is 3.53. The van der Waals surface area contributed by atoms with Gasteiger partial charge in [-0.25, -0.2) is 4.79 Å². The Balaban J connectivity index is 3.00. The maximum atomic E-state index is 10.6. The van der Waals surface area contributed by atoms with Crippen molar-refractivity contribution in [3.8, 4) is 0 Å². The molecule has 116 valence electrons. The van der Waals surface area contributed by atoms with Gasteiger partial charge in [0.05, 0.1) is 0 Å². The van der Waals surface area contributed by atoms with Crippen LogP contribution in [0.2, 0.25) is 0 Å². The number of hydrogen-bond acceptors (Lipinski definition) is 2. The second kappa shape index (κ2) is 8.88. The lowest BCUT2D eigenvalue weighted by Crippen LogP contribution is -2.33. The van der Waals surface area contributed by atoms with E-state index in [1.165, 1.54) is 18.5 Å². The second-order valence-corrected chi connectivity index (χ2v) is 6.04. The lowest BCUT2D eigenvalue weighted by atomic mass is 10.1. The minimum atomic E-state index is -0.935. The molecular weight excluding hydrogens is 330 g/mol. The summed E-state index contributed by atoms with van der Waals surface area (Å²) in [5.41, 5.74) is 2.05. The van der Waals surface area contributed by atoms with Crippen molar-refractivity contribution in [1.29, 1.82) is 0 Å². The van der Waals surface area contributed by atoms with E-state index in [0.29, 0.717) is 6.04 Å². The third-order valence-corrected chi connectivity index (χ3v) is 4.28. The highest BCUT2D eigenvalue weighted by Crippen LogP contribution is 2.27. The van der Waals surface area contributed by atoms with Crippen molar-refractivity contribution in [3.05, 3.63) is 34.3 Å². The molecule has 0 saturated heterocycles. The fourth-order valence-corrected chi connectivity index (χ4v) is 2.64. The highest BCUT2D eigenvalue weighted by molar-refractivity contribution is 9.10. The van der Waals surface area contributed by atoms with Crippen LogP contribution in [-0.2, 0) is 4.79 Å². The number of nitrogens with zero attached hydrogens (tertiary/aromatic N) is 1. The largest absolute Gasteiger partial charge is 0.478 e. The fourth-order valence-electron chi connectivity index (χ4n) is 2.14. The zero-order valence-corrected chi connectivity index (χ0v) is 14.6. The summed E-state index contributed by atoms with van der Waals surface area (Å²) in [6.45, 7) is 7.68. The van der Waals surface area contributed by atoms with Gasteiger partial charge < -0.3 is 10.0 Å². The number of benzene rings is 1. The molecule has 0 radical (unpaired) electrons. The van der Waals surface area contributed by atoms with Crippen LogP contribution >= 0.6 is 15.9 Å². The van der Waals surface area contributed by atoms with Crippen molar-refractivity contribution >= 4 is 33.7 Å². The lowest BCUT2D eigenvalue weighted by Gasteiger charge is -2.31. The number of carbonyl (C=O) groups is 1. The van der Waals surface area contributed by atoms with Crippen LogP contribution in [0, 0.1) is 0 Å². The van der Waals surface area contributed by atoms with Crippen LogP contribution in [0.3, 0.4) is 0 Å². The van der Waals surface area contributed by atoms with E-state index < -0.39 is 5.97 Å². The molecule has 1 aromatic carbocycles. The first-order chi connectivity index (χ1) is 9.99. The summed E-state index contributed by atoms with van der Waals surface area (Å²) in [5.74, 6) is -0.935. The third-order valence-electron chi connectivity index (χ3n) is 3.60. The molecule has 1 N–H and O–H groups in total. The normalized spacial score (nSPS) is 12.6. The van der Waals surface area contributed by atoms with Crippen molar-refractivity contribution in [2.45, 2.75) is 46.1 Å². The van der Waals surface area contributed by atoms with Gasteiger partial charge in [0.2, 0.25) is 0 Å². The van der Waals surface area contributed by atoms with Gasteiger partial charge in [-0.2, -0.15) is 0 Å². The zero-order chi connectivity index (χ0) is 15.8. The smallest absolute Gasteiger partial charge is 0.328 e. The van der Waals surface area contributed by atoms with E-state index in [1.807, 2.05) is 6.07 Å². The molecule has 1 aromatic rings. The van der Waals surface area contributed by atoms with E-state index in [-0.39, 0.29) is 0 Å². The van der Waals surface area contributed by atoms with Crippen LogP contribution in [0.1, 0.15) is 45.6 Å². The highest BCUT2D eigenvalue weighted by atomic mass is 79.9. The van der Waals surface area contributed by atoms with E-state index in [4.69, 9.17) is 5.11 Å². The van der Waals surface area contributed by atoms with Crippen LogP contribution < -0.4 is 4.90 Å². The quantitative estimate of drug-likeness (QED) is 0.672. The summed E-state index contributed by atoms with van der Waals surface area (Å²) < 4.78 is 0.919. The number of anilines is 1. The van der Waals surface area contributed by atoms with Gasteiger partial charge in [-0.3, -0.25) is 0 Å². The first kappa shape index (κ1) is 17.8. The molecule has 4 heteroatoms. The molecule has 0 amide bonds. The Labute approximate surface area is 135 Å². The minimum Gasteiger partial charge on any atom is -0.478 e. The first-order valence-electron chi connectivity index (χ1n) is 7.46. The Hall–Kier alpha value is -1.29. The molecule has 0 aliphatic heterocycles. The van der Waals surface area contributed by atoms with Crippen molar-refractivity contribution < 1.29 is 9.90 Å². The fraction of sp³-hybridized carbons (Fsp3) is 0.471. The van der Waals surface area contributed by atoms with Crippen LogP contribution in [0.5, 0.6) is 0 Å². The van der Waals surface area contributed by atoms with Crippen molar-refractivity contribution in [1.82, 2.24) is 0 Å². The number of carboxylic acid groups (broad SMARTS) is 1. The van der Waals surface area contributed by atoms with Crippen molar-refractivity contribution in [3.63, 3.8) is 0 Å². The van der Waals surface area contributed by atoms with Gasteiger partial charge in [0, 0.05) is 28.8 Å². The average molecular weight is 354 g/mol. The van der Waals surface area contributed by atoms with Crippen LogP contribution in [0.4, 0.5) is 5.69 Å². The van der Waals surface area contributed by atoms with Gasteiger partial charge in [-0.15, -0.1) is 0 Å². The molecule has 0 aliphatic rings. The summed E-state index contributed by atoms with van der Waals surface area (Å²) in [6, 6.07) is 6.58. The van der Waals surface area contributed by atoms with Gasteiger partial charge in [0.25, 0.3) is 0 Å².